The molecule has 122 valence electrons. The minimum Gasteiger partial charge on any atom is -0.353 e. The summed E-state index contributed by atoms with van der Waals surface area (Å²) in [5, 5.41) is 2.99. The molecule has 0 saturated heterocycles. The van der Waals surface area contributed by atoms with Gasteiger partial charge in [-0.2, -0.15) is 0 Å². The SMILES string of the molecule is CC(C)NC(=O)[C@@H](C)N1CCc2nc(-c3ccccc3)[nH]c2C1. The molecule has 0 fully saturated rings. The normalized spacial score (nSPS) is 16.2. The average Bonchev–Trinajstić information content (AvgIpc) is 2.97. The first-order valence-electron chi connectivity index (χ1n) is 8.22. The molecule has 5 heteroatoms. The summed E-state index contributed by atoms with van der Waals surface area (Å²) in [6.45, 7) is 7.54. The molecule has 1 aromatic carbocycles. The van der Waals surface area contributed by atoms with Gasteiger partial charge in [-0.05, 0) is 20.8 Å². The molecule has 1 aromatic heterocycles. The maximum Gasteiger partial charge on any atom is 0.237 e. The Morgan fingerprint density at radius 2 is 2.00 bits per heavy atom. The number of H-pyrrole nitrogens is 1. The molecule has 0 aliphatic carbocycles. The minimum absolute atomic E-state index is 0.0891. The first kappa shape index (κ1) is 15.7. The molecule has 0 unspecified atom stereocenters. The molecule has 3 rings (SSSR count). The number of carbonyl (C=O) groups excluding carboxylic acids is 1. The fourth-order valence-electron chi connectivity index (χ4n) is 2.95. The zero-order valence-electron chi connectivity index (χ0n) is 14.0. The van der Waals surface area contributed by atoms with Gasteiger partial charge in [0.05, 0.1) is 17.4 Å². The van der Waals surface area contributed by atoms with Gasteiger partial charge in [0, 0.05) is 31.1 Å². The lowest BCUT2D eigenvalue weighted by Crippen LogP contribution is -2.48. The molecular weight excluding hydrogens is 288 g/mol. The average molecular weight is 312 g/mol. The topological polar surface area (TPSA) is 61.0 Å². The highest BCUT2D eigenvalue weighted by molar-refractivity contribution is 5.81. The van der Waals surface area contributed by atoms with Crippen molar-refractivity contribution in [3.8, 4) is 11.4 Å². The van der Waals surface area contributed by atoms with Crippen LogP contribution in [0.4, 0.5) is 0 Å². The lowest BCUT2D eigenvalue weighted by molar-refractivity contribution is -0.126. The Hall–Kier alpha value is -2.14. The summed E-state index contributed by atoms with van der Waals surface area (Å²) in [7, 11) is 0. The van der Waals surface area contributed by atoms with Gasteiger partial charge < -0.3 is 10.3 Å². The summed E-state index contributed by atoms with van der Waals surface area (Å²) in [4.78, 5) is 22.6. The quantitative estimate of drug-likeness (QED) is 0.911. The van der Waals surface area contributed by atoms with Gasteiger partial charge in [-0.3, -0.25) is 9.69 Å². The van der Waals surface area contributed by atoms with Gasteiger partial charge in [-0.25, -0.2) is 4.98 Å². The molecule has 2 aromatic rings. The first-order valence-corrected chi connectivity index (χ1v) is 8.22. The molecule has 1 amide bonds. The van der Waals surface area contributed by atoms with Crippen LogP contribution in [0.5, 0.6) is 0 Å². The molecular formula is C18H24N4O. The third-order valence-corrected chi connectivity index (χ3v) is 4.27. The lowest BCUT2D eigenvalue weighted by atomic mass is 10.1. The van der Waals surface area contributed by atoms with Gasteiger partial charge >= 0.3 is 0 Å². The Kier molecular flexibility index (Phi) is 4.48. The van der Waals surface area contributed by atoms with Crippen molar-refractivity contribution in [1.29, 1.82) is 0 Å². The first-order chi connectivity index (χ1) is 11.0. The Balaban J connectivity index is 1.74. The summed E-state index contributed by atoms with van der Waals surface area (Å²) < 4.78 is 0. The van der Waals surface area contributed by atoms with Crippen LogP contribution >= 0.6 is 0 Å². The summed E-state index contributed by atoms with van der Waals surface area (Å²) in [5.74, 6) is 1.00. The van der Waals surface area contributed by atoms with E-state index >= 15 is 0 Å². The van der Waals surface area contributed by atoms with Crippen molar-refractivity contribution in [2.75, 3.05) is 6.54 Å². The van der Waals surface area contributed by atoms with Crippen molar-refractivity contribution in [3.63, 3.8) is 0 Å². The maximum absolute atomic E-state index is 12.2. The Bertz CT molecular complexity index is 678. The van der Waals surface area contributed by atoms with E-state index in [0.717, 1.165) is 42.3 Å². The second kappa shape index (κ2) is 6.54. The third kappa shape index (κ3) is 3.45. The third-order valence-electron chi connectivity index (χ3n) is 4.27. The summed E-state index contributed by atoms with van der Waals surface area (Å²) in [6.07, 6.45) is 0.873. The number of hydrogen-bond donors (Lipinski definition) is 2. The molecule has 1 aliphatic heterocycles. The van der Waals surface area contributed by atoms with Crippen LogP contribution in [0.3, 0.4) is 0 Å². The number of amides is 1. The second-order valence-electron chi connectivity index (χ2n) is 6.44. The highest BCUT2D eigenvalue weighted by Crippen LogP contribution is 2.23. The van der Waals surface area contributed by atoms with Gasteiger partial charge in [-0.15, -0.1) is 0 Å². The highest BCUT2D eigenvalue weighted by Gasteiger charge is 2.27. The number of imidazole rings is 1. The van der Waals surface area contributed by atoms with Crippen LogP contribution in [0, 0.1) is 0 Å². The molecule has 0 radical (unpaired) electrons. The Morgan fingerprint density at radius 3 is 2.70 bits per heavy atom. The lowest BCUT2D eigenvalue weighted by Gasteiger charge is -2.31. The van der Waals surface area contributed by atoms with Crippen LogP contribution in [0.25, 0.3) is 11.4 Å². The van der Waals surface area contributed by atoms with E-state index in [9.17, 15) is 4.79 Å². The largest absolute Gasteiger partial charge is 0.353 e. The number of nitrogens with one attached hydrogen (secondary N) is 2. The summed E-state index contributed by atoms with van der Waals surface area (Å²) in [5.41, 5.74) is 3.34. The smallest absolute Gasteiger partial charge is 0.237 e. The van der Waals surface area contributed by atoms with Crippen molar-refractivity contribution in [2.45, 2.75) is 45.8 Å². The predicted molar refractivity (Wildman–Crippen MR) is 90.9 cm³/mol. The van der Waals surface area contributed by atoms with E-state index in [2.05, 4.69) is 27.3 Å². The van der Waals surface area contributed by atoms with Crippen LogP contribution in [0.2, 0.25) is 0 Å². The van der Waals surface area contributed by atoms with Gasteiger partial charge in [0.25, 0.3) is 0 Å². The van der Waals surface area contributed by atoms with Crippen molar-refractivity contribution >= 4 is 5.91 Å². The van der Waals surface area contributed by atoms with E-state index in [1.54, 1.807) is 0 Å². The number of fused-ring (bicyclic) bond motifs is 1. The van der Waals surface area contributed by atoms with E-state index in [4.69, 9.17) is 4.98 Å². The molecule has 5 nitrogen and oxygen atoms in total. The number of nitrogens with zero attached hydrogens (tertiary/aromatic N) is 2. The standard InChI is InChI=1S/C18H24N4O/c1-12(2)19-18(23)13(3)22-10-9-15-16(11-22)21-17(20-15)14-7-5-4-6-8-14/h4-8,12-13H,9-11H2,1-3H3,(H,19,23)(H,20,21)/t13-/m1/s1. The van der Waals surface area contributed by atoms with Gasteiger partial charge in [-0.1, -0.05) is 30.3 Å². The maximum atomic E-state index is 12.2. The predicted octanol–water partition coefficient (Wildman–Crippen LogP) is 2.35. The minimum atomic E-state index is -0.131. The van der Waals surface area contributed by atoms with Crippen LogP contribution in [0.1, 0.15) is 32.2 Å². The number of aromatic amines is 1. The van der Waals surface area contributed by atoms with E-state index < -0.39 is 0 Å². The number of rotatable bonds is 4. The summed E-state index contributed by atoms with van der Waals surface area (Å²) >= 11 is 0. The Morgan fingerprint density at radius 1 is 1.26 bits per heavy atom. The molecule has 1 atom stereocenters. The zero-order chi connectivity index (χ0) is 16.4. The molecule has 23 heavy (non-hydrogen) atoms. The van der Waals surface area contributed by atoms with E-state index in [0.29, 0.717) is 0 Å². The Labute approximate surface area is 137 Å². The van der Waals surface area contributed by atoms with Crippen LogP contribution < -0.4 is 5.32 Å². The molecule has 0 spiro atoms. The second-order valence-corrected chi connectivity index (χ2v) is 6.44. The van der Waals surface area contributed by atoms with E-state index in [1.807, 2.05) is 39.0 Å². The molecule has 1 aliphatic rings. The van der Waals surface area contributed by atoms with E-state index in [1.165, 1.54) is 0 Å². The fraction of sp³-hybridized carbons (Fsp3) is 0.444. The number of benzene rings is 1. The van der Waals surface area contributed by atoms with Gasteiger partial charge in [0.15, 0.2) is 0 Å². The molecule has 2 N–H and O–H groups in total. The van der Waals surface area contributed by atoms with Crippen LogP contribution in [-0.4, -0.2) is 39.4 Å². The van der Waals surface area contributed by atoms with E-state index in [-0.39, 0.29) is 18.0 Å². The van der Waals surface area contributed by atoms with Gasteiger partial charge in [0.1, 0.15) is 5.82 Å². The summed E-state index contributed by atoms with van der Waals surface area (Å²) in [6, 6.07) is 10.2. The van der Waals surface area contributed by atoms with Crippen molar-refractivity contribution in [3.05, 3.63) is 41.7 Å². The highest BCUT2D eigenvalue weighted by atomic mass is 16.2. The van der Waals surface area contributed by atoms with Crippen molar-refractivity contribution < 1.29 is 4.79 Å². The van der Waals surface area contributed by atoms with Crippen molar-refractivity contribution in [1.82, 2.24) is 20.2 Å². The van der Waals surface area contributed by atoms with Crippen molar-refractivity contribution in [2.24, 2.45) is 0 Å². The molecule has 0 bridgehead atoms. The number of carbonyl (C=O) groups is 1. The zero-order valence-corrected chi connectivity index (χ0v) is 14.0. The van der Waals surface area contributed by atoms with Crippen LogP contribution in [-0.2, 0) is 17.8 Å². The number of aromatic nitrogens is 2. The van der Waals surface area contributed by atoms with Gasteiger partial charge in [0.2, 0.25) is 5.91 Å². The fourth-order valence-corrected chi connectivity index (χ4v) is 2.95. The number of hydrogen-bond acceptors (Lipinski definition) is 3. The van der Waals surface area contributed by atoms with Crippen LogP contribution in [0.15, 0.2) is 30.3 Å². The molecule has 2 heterocycles. The monoisotopic (exact) mass is 312 g/mol. The molecule has 0 saturated carbocycles.